The first-order valence-corrected chi connectivity index (χ1v) is 9.21. The van der Waals surface area contributed by atoms with Gasteiger partial charge in [0.25, 0.3) is 0 Å². The molecule has 0 aliphatic carbocycles. The van der Waals surface area contributed by atoms with Crippen LogP contribution in [0.2, 0.25) is 0 Å². The lowest BCUT2D eigenvalue weighted by Crippen LogP contribution is -2.45. The van der Waals surface area contributed by atoms with E-state index in [1.165, 1.54) is 11.1 Å². The van der Waals surface area contributed by atoms with Crippen molar-refractivity contribution in [1.82, 2.24) is 9.80 Å². The van der Waals surface area contributed by atoms with Crippen molar-refractivity contribution in [3.8, 4) is 11.1 Å². The van der Waals surface area contributed by atoms with E-state index in [-0.39, 0.29) is 0 Å². The van der Waals surface area contributed by atoms with Crippen LogP contribution in [0.3, 0.4) is 0 Å². The van der Waals surface area contributed by atoms with Gasteiger partial charge in [0.05, 0.1) is 19.8 Å². The van der Waals surface area contributed by atoms with Crippen molar-refractivity contribution in [2.45, 2.75) is 13.5 Å². The lowest BCUT2D eigenvalue weighted by Gasteiger charge is -2.32. The number of piperazine rings is 1. The summed E-state index contributed by atoms with van der Waals surface area (Å²) in [6.07, 6.45) is 0. The van der Waals surface area contributed by atoms with Gasteiger partial charge in [-0.1, -0.05) is 35.9 Å². The first kappa shape index (κ1) is 18.6. The number of ether oxygens (including phenoxy) is 1. The molecule has 136 valence electrons. The molecule has 4 nitrogen and oxygen atoms in total. The second-order valence-corrected chi connectivity index (χ2v) is 7.07. The summed E-state index contributed by atoms with van der Waals surface area (Å²) in [5.41, 5.74) is 5.31. The topological polar surface area (TPSA) is 20.1 Å². The molecule has 2 aromatic carbocycles. The molecule has 0 aromatic heterocycles. The minimum atomic E-state index is 0.630. The van der Waals surface area contributed by atoms with Gasteiger partial charge in [0, 0.05) is 32.7 Å². The second kappa shape index (κ2) is 8.95. The Balaban J connectivity index is 1.57. The summed E-state index contributed by atoms with van der Waals surface area (Å²) in [7, 11) is 2.18. The Hall–Kier alpha value is -2.19. The van der Waals surface area contributed by atoms with Crippen LogP contribution in [0.15, 0.2) is 42.5 Å². The van der Waals surface area contributed by atoms with Crippen LogP contribution in [0.25, 0.3) is 16.0 Å². The summed E-state index contributed by atoms with van der Waals surface area (Å²) in [6.45, 7) is 16.2. The zero-order valence-corrected chi connectivity index (χ0v) is 15.7. The van der Waals surface area contributed by atoms with Crippen LogP contribution in [0, 0.1) is 13.5 Å². The average Bonchev–Trinajstić information content (AvgIpc) is 2.66. The highest BCUT2D eigenvalue weighted by Gasteiger charge is 2.13. The molecule has 1 heterocycles. The molecule has 26 heavy (non-hydrogen) atoms. The van der Waals surface area contributed by atoms with Crippen LogP contribution in [0.4, 0.5) is 5.69 Å². The van der Waals surface area contributed by atoms with Gasteiger partial charge in [-0.15, -0.1) is 0 Å². The van der Waals surface area contributed by atoms with E-state index in [4.69, 9.17) is 11.3 Å². The van der Waals surface area contributed by atoms with Crippen molar-refractivity contribution in [3.63, 3.8) is 0 Å². The zero-order valence-electron chi connectivity index (χ0n) is 15.7. The van der Waals surface area contributed by atoms with Crippen LogP contribution < -0.4 is 0 Å². The Morgan fingerprint density at radius 1 is 1.04 bits per heavy atom. The molecule has 1 fully saturated rings. The predicted molar refractivity (Wildman–Crippen MR) is 106 cm³/mol. The normalized spacial score (nSPS) is 15.7. The van der Waals surface area contributed by atoms with E-state index in [0.717, 1.165) is 50.5 Å². The smallest absolute Gasteiger partial charge is 0.187 e. The molecule has 0 radical (unpaired) electrons. The van der Waals surface area contributed by atoms with E-state index < -0.39 is 0 Å². The van der Waals surface area contributed by atoms with Gasteiger partial charge in [-0.05, 0) is 42.8 Å². The fraction of sp³-hybridized carbons (Fsp3) is 0.409. The first-order valence-electron chi connectivity index (χ1n) is 9.21. The van der Waals surface area contributed by atoms with Gasteiger partial charge in [-0.2, -0.15) is 0 Å². The van der Waals surface area contributed by atoms with E-state index in [9.17, 15) is 0 Å². The fourth-order valence-electron chi connectivity index (χ4n) is 3.32. The molecular formula is C22H27N3O. The molecule has 0 N–H and O–H groups in total. The molecular weight excluding hydrogens is 322 g/mol. The maximum Gasteiger partial charge on any atom is 0.187 e. The molecule has 2 aromatic rings. The molecule has 3 rings (SSSR count). The summed E-state index contributed by atoms with van der Waals surface area (Å²) in [5, 5.41) is 0. The van der Waals surface area contributed by atoms with Crippen molar-refractivity contribution in [2.24, 2.45) is 0 Å². The van der Waals surface area contributed by atoms with E-state index in [1.54, 1.807) is 0 Å². The summed E-state index contributed by atoms with van der Waals surface area (Å²) in [6, 6.07) is 14.3. The van der Waals surface area contributed by atoms with E-state index in [2.05, 4.69) is 52.9 Å². The zero-order chi connectivity index (χ0) is 18.4. The number of aryl methyl sites for hydroxylation is 1. The maximum atomic E-state index is 7.19. The number of rotatable bonds is 6. The Bertz CT molecular complexity index is 773. The third-order valence-electron chi connectivity index (χ3n) is 4.86. The summed E-state index contributed by atoms with van der Waals surface area (Å²) < 4.78 is 5.94. The largest absolute Gasteiger partial charge is 0.375 e. The quantitative estimate of drug-likeness (QED) is 0.581. The van der Waals surface area contributed by atoms with Gasteiger partial charge in [-0.3, -0.25) is 4.90 Å². The van der Waals surface area contributed by atoms with Gasteiger partial charge in [0.1, 0.15) is 0 Å². The van der Waals surface area contributed by atoms with Crippen LogP contribution in [-0.2, 0) is 11.3 Å². The molecule has 1 saturated heterocycles. The Kier molecular flexibility index (Phi) is 6.40. The molecule has 1 aliphatic rings. The maximum absolute atomic E-state index is 7.19. The Morgan fingerprint density at radius 3 is 2.62 bits per heavy atom. The van der Waals surface area contributed by atoms with E-state index in [0.29, 0.717) is 12.3 Å². The van der Waals surface area contributed by atoms with Crippen LogP contribution in [0.5, 0.6) is 0 Å². The highest BCUT2D eigenvalue weighted by atomic mass is 16.5. The summed E-state index contributed by atoms with van der Waals surface area (Å²) in [5.74, 6) is 0. The number of likely N-dealkylation sites (N-methyl/N-ethyl adjacent to an activating group) is 1. The van der Waals surface area contributed by atoms with Crippen molar-refractivity contribution in [2.75, 3.05) is 46.4 Å². The van der Waals surface area contributed by atoms with Gasteiger partial charge < -0.3 is 9.64 Å². The lowest BCUT2D eigenvalue weighted by atomic mass is 10.00. The SMILES string of the molecule is [C-]#[N+]c1cccc(-c2cc(C)cc(COCCN3CCN(C)CC3)c2)c1. The van der Waals surface area contributed by atoms with Crippen LogP contribution in [-0.4, -0.2) is 56.2 Å². The molecule has 0 spiro atoms. The number of hydrogen-bond acceptors (Lipinski definition) is 3. The number of nitrogens with zero attached hydrogens (tertiary/aromatic N) is 3. The van der Waals surface area contributed by atoms with Gasteiger partial charge in [0.2, 0.25) is 0 Å². The van der Waals surface area contributed by atoms with Gasteiger partial charge in [0.15, 0.2) is 5.69 Å². The Labute approximate surface area is 156 Å². The van der Waals surface area contributed by atoms with Crippen molar-refractivity contribution >= 4 is 5.69 Å². The van der Waals surface area contributed by atoms with Crippen LogP contribution in [0.1, 0.15) is 11.1 Å². The van der Waals surface area contributed by atoms with Gasteiger partial charge >= 0.3 is 0 Å². The molecule has 0 atom stereocenters. The minimum absolute atomic E-state index is 0.630. The van der Waals surface area contributed by atoms with E-state index >= 15 is 0 Å². The first-order chi connectivity index (χ1) is 12.6. The van der Waals surface area contributed by atoms with Crippen molar-refractivity contribution in [3.05, 3.63) is 65.0 Å². The molecule has 0 bridgehead atoms. The average molecular weight is 349 g/mol. The van der Waals surface area contributed by atoms with E-state index in [1.807, 2.05) is 18.2 Å². The standard InChI is InChI=1S/C22H27N3O/c1-18-13-19(17-26-12-11-25-9-7-24(3)8-10-25)15-21(14-18)20-5-4-6-22(16-20)23-2/h4-6,13-16H,7-12,17H2,1,3H3. The molecule has 0 saturated carbocycles. The van der Waals surface area contributed by atoms with Crippen molar-refractivity contribution in [1.29, 1.82) is 0 Å². The number of benzene rings is 2. The second-order valence-electron chi connectivity index (χ2n) is 7.07. The Morgan fingerprint density at radius 2 is 1.85 bits per heavy atom. The predicted octanol–water partition coefficient (Wildman–Crippen LogP) is 3.98. The molecule has 0 amide bonds. The van der Waals surface area contributed by atoms with Gasteiger partial charge in [-0.25, -0.2) is 4.85 Å². The monoisotopic (exact) mass is 349 g/mol. The highest BCUT2D eigenvalue weighted by Crippen LogP contribution is 2.26. The van der Waals surface area contributed by atoms with Crippen molar-refractivity contribution < 1.29 is 4.74 Å². The molecule has 4 heteroatoms. The molecule has 1 aliphatic heterocycles. The third kappa shape index (κ3) is 5.15. The minimum Gasteiger partial charge on any atom is -0.375 e. The third-order valence-corrected chi connectivity index (χ3v) is 4.86. The lowest BCUT2D eigenvalue weighted by molar-refractivity contribution is 0.0738. The van der Waals surface area contributed by atoms with Crippen LogP contribution >= 0.6 is 0 Å². The molecule has 0 unspecified atom stereocenters. The highest BCUT2D eigenvalue weighted by molar-refractivity contribution is 5.69. The fourth-order valence-corrected chi connectivity index (χ4v) is 3.32. The summed E-state index contributed by atoms with van der Waals surface area (Å²) in [4.78, 5) is 8.37. The number of hydrogen-bond donors (Lipinski definition) is 0. The summed E-state index contributed by atoms with van der Waals surface area (Å²) >= 11 is 0.